The second-order valence-corrected chi connectivity index (χ2v) is 27.1. The Bertz CT molecular complexity index is 2450. The second-order valence-electron chi connectivity index (χ2n) is 27.1. The van der Waals surface area contributed by atoms with Crippen LogP contribution in [0.3, 0.4) is 0 Å². The highest BCUT2D eigenvalue weighted by molar-refractivity contribution is 6.00. The highest BCUT2D eigenvalue weighted by atomic mass is 16.5. The summed E-state index contributed by atoms with van der Waals surface area (Å²) < 4.78 is 6.52. The SMILES string of the molecule is C/C=C/C[C@@H](C)[C@@H](O)[C@H]1C(=O)N[C@@H](CC)C(=O)N(C)CC(=O)N(C)[C@@H](CC(C)C)C(=O)N[C@@H](C(C)C)C(=O)N(C)[C@@H](CC(C)C)C(=O)N[C@@H](C)C(=O)N[C@H](C)C(=O)N(C)[C@@H](CC(C)C)C(=O)N(C)[C@@H](CC(C)C)C(=O)N(C)[C@](OCCCO)(C(C)C)C(=O)N1C. The van der Waals surface area contributed by atoms with Crippen molar-refractivity contribution in [3.8, 4) is 0 Å². The Morgan fingerprint density at radius 1 is 0.556 bits per heavy atom. The Morgan fingerprint density at radius 2 is 1.01 bits per heavy atom. The van der Waals surface area contributed by atoms with Gasteiger partial charge in [-0.3, -0.25) is 52.7 Å². The van der Waals surface area contributed by atoms with Gasteiger partial charge in [-0.1, -0.05) is 109 Å². The average Bonchev–Trinajstić information content (AvgIpc) is 0.960. The van der Waals surface area contributed by atoms with Crippen molar-refractivity contribution in [2.45, 2.75) is 229 Å². The van der Waals surface area contributed by atoms with Gasteiger partial charge in [0.1, 0.15) is 54.4 Å². The van der Waals surface area contributed by atoms with Gasteiger partial charge < -0.3 is 70.5 Å². The minimum absolute atomic E-state index is 0.00551. The van der Waals surface area contributed by atoms with Crippen LogP contribution in [0.5, 0.6) is 0 Å². The van der Waals surface area contributed by atoms with Gasteiger partial charge in [-0.25, -0.2) is 0 Å². The van der Waals surface area contributed by atoms with E-state index in [-0.39, 0.29) is 81.8 Å². The Kier molecular flexibility index (Phi) is 33.9. The van der Waals surface area contributed by atoms with Gasteiger partial charge in [-0.2, -0.15) is 0 Å². The zero-order chi connectivity index (χ0) is 69.7. The van der Waals surface area contributed by atoms with Gasteiger partial charge in [-0.15, -0.1) is 0 Å². The van der Waals surface area contributed by atoms with Crippen LogP contribution in [0.4, 0.5) is 0 Å². The van der Waals surface area contributed by atoms with Crippen LogP contribution in [0.1, 0.15) is 163 Å². The predicted molar refractivity (Wildman–Crippen MR) is 345 cm³/mol. The topological polar surface area (TPSA) is 308 Å². The molecule has 0 aromatic carbocycles. The molecule has 12 atom stereocenters. The summed E-state index contributed by atoms with van der Waals surface area (Å²) in [5.41, 5.74) is -2.30. The molecule has 1 fully saturated rings. The molecule has 0 saturated carbocycles. The maximum atomic E-state index is 15.9. The highest BCUT2D eigenvalue weighted by Crippen LogP contribution is 2.33. The van der Waals surface area contributed by atoms with Crippen LogP contribution >= 0.6 is 0 Å². The molecule has 1 saturated heterocycles. The number of aliphatic hydroxyl groups is 2. The molecule has 1 aliphatic rings. The third kappa shape index (κ3) is 22.0. The number of aliphatic hydroxyl groups excluding tert-OH is 2. The standard InChI is InChI=1S/C65H117N11O14/c1-25-27-29-43(15)54(79)53-58(83)68-46(26-2)60(85)70(18)36-51(78)71(19)47(32-37(3)4)57(82)69-52(41(11)12)63(88)72(20)48(33-38(5)6)56(81)66-44(16)55(80)67-45(17)59(84)73(21)49(34-39(7)8)61(86)74(22)50(35-40(9)10)62(87)76(24)65(42(13)14,64(89)75(53)23)90-31-28-30-77/h25,27,37-50,52-54,77,79H,26,28-36H2,1-24H3,(H,66,81)(H,67,80)(H,68,83)(H,69,82)/b27-25+/t43-,44+,45-,46+,47+,48+,49+,50+,52+,53+,54-,65+/m1/s1. The number of nitrogens with zero attached hydrogens (tertiary/aromatic N) is 7. The van der Waals surface area contributed by atoms with Gasteiger partial charge in [0, 0.05) is 61.9 Å². The molecule has 0 bridgehead atoms. The number of likely N-dealkylation sites (N-methyl/N-ethyl adjacent to an activating group) is 7. The van der Waals surface area contributed by atoms with E-state index < -0.39 is 155 Å². The van der Waals surface area contributed by atoms with Crippen LogP contribution in [0, 0.1) is 41.4 Å². The van der Waals surface area contributed by atoms with E-state index in [1.54, 1.807) is 60.6 Å². The number of hydrogen-bond acceptors (Lipinski definition) is 14. The fourth-order valence-electron chi connectivity index (χ4n) is 11.2. The predicted octanol–water partition coefficient (Wildman–Crippen LogP) is 3.00. The van der Waals surface area contributed by atoms with Gasteiger partial charge in [0.15, 0.2) is 0 Å². The van der Waals surface area contributed by atoms with Crippen molar-refractivity contribution in [1.29, 1.82) is 0 Å². The van der Waals surface area contributed by atoms with Crippen LogP contribution < -0.4 is 21.3 Å². The van der Waals surface area contributed by atoms with E-state index >= 15 is 19.2 Å². The Labute approximate surface area is 537 Å². The molecule has 516 valence electrons. The molecule has 1 rings (SSSR count). The van der Waals surface area contributed by atoms with Crippen molar-refractivity contribution in [2.24, 2.45) is 41.4 Å². The van der Waals surface area contributed by atoms with Crippen LogP contribution in [0.15, 0.2) is 12.2 Å². The van der Waals surface area contributed by atoms with Crippen molar-refractivity contribution >= 4 is 65.0 Å². The molecule has 0 aliphatic carbocycles. The summed E-state index contributed by atoms with van der Waals surface area (Å²) in [4.78, 5) is 171. The molecule has 0 spiro atoms. The molecular weight excluding hydrogens is 1160 g/mol. The number of ether oxygens (including phenoxy) is 1. The van der Waals surface area contributed by atoms with Crippen LogP contribution in [0.25, 0.3) is 0 Å². The molecule has 1 aliphatic heterocycles. The molecule has 1 heterocycles. The lowest BCUT2D eigenvalue weighted by Gasteiger charge is -2.48. The smallest absolute Gasteiger partial charge is 0.276 e. The largest absolute Gasteiger partial charge is 0.396 e. The van der Waals surface area contributed by atoms with E-state index in [4.69, 9.17) is 4.74 Å². The molecule has 0 aromatic heterocycles. The van der Waals surface area contributed by atoms with Crippen LogP contribution in [-0.2, 0) is 57.5 Å². The quantitative estimate of drug-likeness (QED) is 0.0801. The lowest BCUT2D eigenvalue weighted by molar-refractivity contribution is -0.209. The summed E-state index contributed by atoms with van der Waals surface area (Å²) in [6, 6.07) is -11.6. The Balaban J connectivity index is 4.53. The lowest BCUT2D eigenvalue weighted by Crippen LogP contribution is -2.70. The van der Waals surface area contributed by atoms with E-state index in [9.17, 15) is 43.8 Å². The van der Waals surface area contributed by atoms with Crippen molar-refractivity contribution in [3.05, 3.63) is 12.2 Å². The van der Waals surface area contributed by atoms with Crippen LogP contribution in [-0.4, -0.2) is 245 Å². The van der Waals surface area contributed by atoms with Crippen molar-refractivity contribution < 1.29 is 67.7 Å². The third-order valence-electron chi connectivity index (χ3n) is 16.9. The van der Waals surface area contributed by atoms with Gasteiger partial charge in [-0.05, 0) is 101 Å². The van der Waals surface area contributed by atoms with E-state index in [1.807, 2.05) is 55.4 Å². The molecule has 90 heavy (non-hydrogen) atoms. The van der Waals surface area contributed by atoms with Crippen molar-refractivity contribution in [2.75, 3.05) is 69.1 Å². The first-order chi connectivity index (χ1) is 41.6. The van der Waals surface area contributed by atoms with E-state index in [1.165, 1.54) is 82.8 Å². The summed E-state index contributed by atoms with van der Waals surface area (Å²) in [5, 5.41) is 33.3. The summed E-state index contributed by atoms with van der Waals surface area (Å²) in [6.07, 6.45) is 2.59. The first-order valence-electron chi connectivity index (χ1n) is 32.3. The number of carbonyl (C=O) groups excluding carboxylic acids is 11. The van der Waals surface area contributed by atoms with Gasteiger partial charge in [0.2, 0.25) is 64.8 Å². The number of nitrogens with one attached hydrogen (secondary N) is 4. The normalized spacial score (nSPS) is 26.9. The van der Waals surface area contributed by atoms with Crippen molar-refractivity contribution in [1.82, 2.24) is 55.6 Å². The number of amides is 11. The zero-order valence-electron chi connectivity index (χ0n) is 59.0. The maximum Gasteiger partial charge on any atom is 0.276 e. The van der Waals surface area contributed by atoms with Gasteiger partial charge in [0.25, 0.3) is 5.91 Å². The molecule has 0 aromatic rings. The summed E-state index contributed by atoms with van der Waals surface area (Å²) in [7, 11) is 9.63. The Morgan fingerprint density at radius 3 is 1.48 bits per heavy atom. The summed E-state index contributed by atoms with van der Waals surface area (Å²) >= 11 is 0. The molecule has 25 nitrogen and oxygen atoms in total. The number of allylic oxidation sites excluding steroid dienone is 2. The number of rotatable bonds is 19. The minimum Gasteiger partial charge on any atom is -0.396 e. The third-order valence-corrected chi connectivity index (χ3v) is 16.9. The average molecular weight is 1280 g/mol. The molecule has 25 heteroatoms. The fourth-order valence-corrected chi connectivity index (χ4v) is 11.2. The molecule has 11 amide bonds. The Hall–Kier alpha value is -6.21. The number of carbonyl (C=O) groups is 11. The highest BCUT2D eigenvalue weighted by Gasteiger charge is 2.55. The van der Waals surface area contributed by atoms with E-state index in [0.717, 1.165) is 14.7 Å². The summed E-state index contributed by atoms with van der Waals surface area (Å²) in [5.74, 6) is -11.1. The van der Waals surface area contributed by atoms with E-state index in [0.29, 0.717) is 0 Å². The minimum atomic E-state index is -2.30. The molecule has 0 radical (unpaired) electrons. The first-order valence-corrected chi connectivity index (χ1v) is 32.3. The van der Waals surface area contributed by atoms with Gasteiger partial charge in [0.05, 0.1) is 19.3 Å². The fraction of sp³-hybridized carbons (Fsp3) is 0.800. The second kappa shape index (κ2) is 37.3. The number of hydrogen-bond donors (Lipinski definition) is 6. The van der Waals surface area contributed by atoms with Gasteiger partial charge >= 0.3 is 0 Å². The molecule has 6 N–H and O–H groups in total. The monoisotopic (exact) mass is 1280 g/mol. The zero-order valence-corrected chi connectivity index (χ0v) is 59.0. The van der Waals surface area contributed by atoms with Crippen molar-refractivity contribution in [3.63, 3.8) is 0 Å². The van der Waals surface area contributed by atoms with Crippen LogP contribution in [0.2, 0.25) is 0 Å². The van der Waals surface area contributed by atoms with E-state index in [2.05, 4.69) is 21.3 Å². The molecule has 0 unspecified atom stereocenters. The summed E-state index contributed by atoms with van der Waals surface area (Å²) in [6.45, 7) is 28.2. The molecular formula is C65H117N11O14. The lowest BCUT2D eigenvalue weighted by atomic mass is 9.89. The first kappa shape index (κ1) is 81.8. The maximum absolute atomic E-state index is 15.9.